The molecule has 0 saturated carbocycles. The Balaban J connectivity index is 2.43. The van der Waals surface area contributed by atoms with Crippen molar-refractivity contribution in [3.63, 3.8) is 0 Å². The zero-order valence-corrected chi connectivity index (χ0v) is 26.5. The normalized spacial score (nSPS) is 25.1. The van der Waals surface area contributed by atoms with Crippen LogP contribution in [-0.2, 0) is 49.4 Å². The van der Waals surface area contributed by atoms with Gasteiger partial charge in [-0.25, -0.2) is 0 Å². The third-order valence-electron chi connectivity index (χ3n) is 7.04. The third kappa shape index (κ3) is 12.8. The molecular formula is C24H46N3O7PSiV. The summed E-state index contributed by atoms with van der Waals surface area (Å²) < 4.78 is 53.0. The minimum absolute atomic E-state index is 0.0468. The van der Waals surface area contributed by atoms with Crippen molar-refractivity contribution in [2.24, 2.45) is 21.7 Å². The standard InChI is InChI=1S/C24H46N3O7PSi.V/c1-7-20(4)21(5)24(6,19(2)3)34-36-17-9-12-27-13-16-32-35(28,31-14-8-11-25)33-22-10-15-29-23(22)18-30-26;/h19-23,27H,7-10,12-18H2,1-6H3;/i15T;. The molecular weight excluding hydrogens is 552 g/mol. The number of hydrogen-bond acceptors (Lipinski definition) is 10. The summed E-state index contributed by atoms with van der Waals surface area (Å²) >= 11 is 1.92. The van der Waals surface area contributed by atoms with Crippen molar-refractivity contribution in [1.82, 2.24) is 5.32 Å². The number of nitrogens with zero attached hydrogens (tertiary/aromatic N) is 2. The molecule has 0 aromatic carbocycles. The second-order valence-electron chi connectivity index (χ2n) is 9.73. The van der Waals surface area contributed by atoms with Crippen molar-refractivity contribution in [3.8, 4) is 6.07 Å². The third-order valence-corrected chi connectivity index (χ3v) is 9.89. The predicted molar refractivity (Wildman–Crippen MR) is 138 cm³/mol. The molecule has 0 aromatic rings. The van der Waals surface area contributed by atoms with Gasteiger partial charge in [0.25, 0.3) is 0 Å². The van der Waals surface area contributed by atoms with Crippen LogP contribution in [0.5, 0.6) is 0 Å². The first-order chi connectivity index (χ1) is 18.0. The van der Waals surface area contributed by atoms with Crippen LogP contribution in [0, 0.1) is 29.1 Å². The van der Waals surface area contributed by atoms with E-state index < -0.39 is 26.6 Å². The molecule has 1 heterocycles. The summed E-state index contributed by atoms with van der Waals surface area (Å²) in [5.74, 6) is 1.53. The van der Waals surface area contributed by atoms with Gasteiger partial charge in [0.05, 0.1) is 5.60 Å². The number of hydrogen-bond donors (Lipinski definition) is 1. The average Bonchev–Trinajstić information content (AvgIpc) is 3.23. The molecule has 213 valence electrons. The molecule has 10 nitrogen and oxygen atoms in total. The second-order valence-corrected chi connectivity index (χ2v) is 12.6. The van der Waals surface area contributed by atoms with Crippen LogP contribution in [0.25, 0.3) is 0 Å². The summed E-state index contributed by atoms with van der Waals surface area (Å²) in [5.41, 5.74) is -0.137. The summed E-state index contributed by atoms with van der Waals surface area (Å²) in [4.78, 5) is 5.00. The number of rotatable bonds is 22. The molecule has 1 fully saturated rings. The summed E-state index contributed by atoms with van der Waals surface area (Å²) in [6.45, 7) is 14.0. The molecule has 0 aliphatic carbocycles. The van der Waals surface area contributed by atoms with E-state index >= 15 is 0 Å². The monoisotopic (exact) mass is 600 g/mol. The van der Waals surface area contributed by atoms with Crippen LogP contribution in [0.2, 0.25) is 6.04 Å². The van der Waals surface area contributed by atoms with E-state index in [1.54, 1.807) is 0 Å². The molecule has 1 saturated heterocycles. The predicted octanol–water partition coefficient (Wildman–Crippen LogP) is 5.01. The number of phosphoric acid groups is 1. The Morgan fingerprint density at radius 1 is 1.32 bits per heavy atom. The summed E-state index contributed by atoms with van der Waals surface area (Å²) in [6, 6.07) is 2.90. The molecule has 2 radical (unpaired) electrons. The van der Waals surface area contributed by atoms with E-state index in [-0.39, 0.29) is 38.3 Å². The van der Waals surface area contributed by atoms with Crippen molar-refractivity contribution in [2.45, 2.75) is 91.1 Å². The molecule has 13 heteroatoms. The summed E-state index contributed by atoms with van der Waals surface area (Å²) in [5, 5.41) is 12.1. The first-order valence-corrected chi connectivity index (χ1v) is 16.3. The van der Waals surface area contributed by atoms with Crippen LogP contribution in [0.3, 0.4) is 0 Å². The van der Waals surface area contributed by atoms with E-state index in [0.717, 1.165) is 25.4 Å². The SMILES string of the molecule is [3H]C1CC(OP(=O)(OCCC#N)OCCNCCC[Si]OC(C)(C(C)C)C(C)C(C)CC)C(CO[N]=[V])O1. The van der Waals surface area contributed by atoms with Crippen molar-refractivity contribution in [3.05, 3.63) is 0 Å². The number of phosphoric ester groups is 1. The fourth-order valence-electron chi connectivity index (χ4n) is 3.85. The number of nitriles is 1. The molecule has 37 heavy (non-hydrogen) atoms. The summed E-state index contributed by atoms with van der Waals surface area (Å²) in [7, 11) is -3.54. The fourth-order valence-corrected chi connectivity index (χ4v) is 6.49. The van der Waals surface area contributed by atoms with Gasteiger partial charge in [-0.15, -0.1) is 0 Å². The zero-order chi connectivity index (χ0) is 28.6. The van der Waals surface area contributed by atoms with Crippen LogP contribution in [0.1, 0.15) is 68.6 Å². The average molecular weight is 601 g/mol. The Bertz CT molecular complexity index is 769. The van der Waals surface area contributed by atoms with Crippen LogP contribution < -0.4 is 5.32 Å². The quantitative estimate of drug-likeness (QED) is 0.0791. The number of nitrogens with one attached hydrogen (secondary N) is 1. The van der Waals surface area contributed by atoms with Crippen molar-refractivity contribution >= 4 is 17.6 Å². The maximum atomic E-state index is 13.2. The molecule has 0 bridgehead atoms. The van der Waals surface area contributed by atoms with Gasteiger partial charge in [0, 0.05) is 0 Å². The second kappa shape index (κ2) is 19.2. The van der Waals surface area contributed by atoms with Crippen LogP contribution >= 0.6 is 7.82 Å². The van der Waals surface area contributed by atoms with Crippen LogP contribution in [0.15, 0.2) is 3.95 Å². The first-order valence-electron chi connectivity index (χ1n) is 13.7. The molecule has 0 aromatic heterocycles. The van der Waals surface area contributed by atoms with E-state index in [4.69, 9.17) is 34.2 Å². The van der Waals surface area contributed by atoms with Crippen molar-refractivity contribution < 1.29 is 50.7 Å². The Hall–Kier alpha value is 0.0413. The molecule has 1 aliphatic heterocycles. The molecule has 7 unspecified atom stereocenters. The van der Waals surface area contributed by atoms with E-state index in [9.17, 15) is 4.57 Å². The summed E-state index contributed by atoms with van der Waals surface area (Å²) in [6.07, 6.45) is 0.984. The number of ether oxygens (including phenoxy) is 1. The Morgan fingerprint density at radius 2 is 2.05 bits per heavy atom. The van der Waals surface area contributed by atoms with Gasteiger partial charge in [0.1, 0.15) is 0 Å². The van der Waals surface area contributed by atoms with E-state index in [1.807, 2.05) is 23.3 Å². The Labute approximate surface area is 236 Å². The van der Waals surface area contributed by atoms with Gasteiger partial charge in [0.15, 0.2) is 0 Å². The Kier molecular flexibility index (Phi) is 17.2. The van der Waals surface area contributed by atoms with Crippen LogP contribution in [-0.4, -0.2) is 67.1 Å². The molecule has 1 aliphatic rings. The van der Waals surface area contributed by atoms with Crippen molar-refractivity contribution in [1.29, 1.82) is 5.26 Å². The van der Waals surface area contributed by atoms with E-state index in [1.165, 1.54) is 0 Å². The van der Waals surface area contributed by atoms with Crippen molar-refractivity contribution in [2.75, 3.05) is 39.5 Å². The first kappa shape index (κ1) is 33.2. The van der Waals surface area contributed by atoms with E-state index in [2.05, 4.69) is 50.8 Å². The fraction of sp³-hybridized carbons (Fsp3) is 0.958. The van der Waals surface area contributed by atoms with Gasteiger partial charge < -0.3 is 4.43 Å². The van der Waals surface area contributed by atoms with Gasteiger partial charge in [-0.3, -0.25) is 0 Å². The topological polar surface area (TPSA) is 121 Å². The maximum absolute atomic E-state index is 13.2. The van der Waals surface area contributed by atoms with Gasteiger partial charge >= 0.3 is 139 Å². The minimum atomic E-state index is -3.97. The van der Waals surface area contributed by atoms with Gasteiger partial charge in [-0.1, -0.05) is 41.0 Å². The Morgan fingerprint density at radius 3 is 2.70 bits per heavy atom. The van der Waals surface area contributed by atoms with Crippen LogP contribution in [0.4, 0.5) is 0 Å². The molecule has 1 rings (SSSR count). The molecule has 0 amide bonds. The van der Waals surface area contributed by atoms with Gasteiger partial charge in [-0.05, 0) is 37.1 Å². The molecule has 0 spiro atoms. The molecule has 7 atom stereocenters. The van der Waals surface area contributed by atoms with Gasteiger partial charge in [0.2, 0.25) is 9.76 Å². The molecule has 1 N–H and O–H groups in total. The van der Waals surface area contributed by atoms with Gasteiger partial charge in [-0.2, -0.15) is 0 Å². The zero-order valence-electron chi connectivity index (χ0n) is 24.2. The van der Waals surface area contributed by atoms with E-state index in [0.29, 0.717) is 34.1 Å².